The van der Waals surface area contributed by atoms with Gasteiger partial charge in [0.2, 0.25) is 5.91 Å². The molecule has 0 aliphatic carbocycles. The molecule has 1 aliphatic heterocycles. The largest absolute Gasteiger partial charge is 0.353 e. The zero-order valence-electron chi connectivity index (χ0n) is 13.5. The molecule has 1 fully saturated rings. The van der Waals surface area contributed by atoms with Crippen LogP contribution in [0.5, 0.6) is 0 Å². The van der Waals surface area contributed by atoms with Gasteiger partial charge in [-0.25, -0.2) is 4.98 Å². The highest BCUT2D eigenvalue weighted by atomic mass is 35.5. The number of carbonyl (C=O) groups excluding carboxylic acids is 2. The van der Waals surface area contributed by atoms with E-state index in [0.717, 1.165) is 6.42 Å². The van der Waals surface area contributed by atoms with Gasteiger partial charge in [-0.05, 0) is 31.0 Å². The van der Waals surface area contributed by atoms with Crippen molar-refractivity contribution in [3.05, 3.63) is 52.5 Å². The molecule has 1 atom stereocenters. The molecule has 0 bridgehead atoms. The van der Waals surface area contributed by atoms with Gasteiger partial charge in [0, 0.05) is 47.6 Å². The number of nitrogens with zero attached hydrogens (tertiary/aromatic N) is 3. The Morgan fingerprint density at radius 2 is 2.00 bits per heavy atom. The van der Waals surface area contributed by atoms with E-state index < -0.39 is 6.04 Å². The zero-order valence-corrected chi connectivity index (χ0v) is 15.0. The molecule has 2 aromatic rings. The third-order valence-electron chi connectivity index (χ3n) is 4.15. The first-order valence-corrected chi connectivity index (χ1v) is 8.81. The van der Waals surface area contributed by atoms with Crippen LogP contribution in [0.1, 0.15) is 23.2 Å². The molecule has 6 nitrogen and oxygen atoms in total. The van der Waals surface area contributed by atoms with Gasteiger partial charge in [-0.3, -0.25) is 9.59 Å². The van der Waals surface area contributed by atoms with Gasteiger partial charge >= 0.3 is 0 Å². The summed E-state index contributed by atoms with van der Waals surface area (Å²) in [6.45, 7) is 1.66. The van der Waals surface area contributed by atoms with E-state index in [4.69, 9.17) is 23.2 Å². The number of amides is 2. The fourth-order valence-electron chi connectivity index (χ4n) is 2.97. The van der Waals surface area contributed by atoms with Crippen molar-refractivity contribution in [3.63, 3.8) is 0 Å². The maximum Gasteiger partial charge on any atom is 0.254 e. The normalized spacial score (nSPS) is 16.9. The topological polar surface area (TPSA) is 67.2 Å². The molecule has 1 aromatic carbocycles. The number of hydrogen-bond acceptors (Lipinski definition) is 3. The molecule has 132 valence electrons. The van der Waals surface area contributed by atoms with Gasteiger partial charge in [0.1, 0.15) is 6.04 Å². The SMILES string of the molecule is O=C(NCCn1ccnc1)[C@@H]1CCCN1C(=O)c1cc(Cl)cc(Cl)c1. The quantitative estimate of drug-likeness (QED) is 0.866. The second kappa shape index (κ2) is 7.89. The molecule has 0 saturated carbocycles. The van der Waals surface area contributed by atoms with Crippen LogP contribution in [0.2, 0.25) is 10.0 Å². The summed E-state index contributed by atoms with van der Waals surface area (Å²) >= 11 is 12.0. The van der Waals surface area contributed by atoms with Gasteiger partial charge in [-0.2, -0.15) is 0 Å². The summed E-state index contributed by atoms with van der Waals surface area (Å²) in [4.78, 5) is 30.8. The first-order chi connectivity index (χ1) is 12.0. The average Bonchev–Trinajstić information content (AvgIpc) is 3.24. The number of rotatable bonds is 5. The minimum Gasteiger partial charge on any atom is -0.353 e. The number of nitrogens with one attached hydrogen (secondary N) is 1. The van der Waals surface area contributed by atoms with Gasteiger partial charge in [0.25, 0.3) is 5.91 Å². The molecule has 1 aromatic heterocycles. The summed E-state index contributed by atoms with van der Waals surface area (Å²) < 4.78 is 1.88. The standard InChI is InChI=1S/C17H18Cl2N4O2/c18-13-8-12(9-14(19)10-13)17(25)23-5-1-2-15(23)16(24)21-4-7-22-6-3-20-11-22/h3,6,8-11,15H,1-2,4-5,7H2,(H,21,24)/t15-/m0/s1. The molecule has 3 rings (SSSR count). The lowest BCUT2D eigenvalue weighted by atomic mass is 10.1. The highest BCUT2D eigenvalue weighted by molar-refractivity contribution is 6.35. The van der Waals surface area contributed by atoms with E-state index >= 15 is 0 Å². The number of imidazole rings is 1. The molecule has 2 heterocycles. The number of likely N-dealkylation sites (tertiary alicyclic amines) is 1. The van der Waals surface area contributed by atoms with Crippen molar-refractivity contribution in [2.45, 2.75) is 25.4 Å². The Kier molecular flexibility index (Phi) is 5.60. The predicted octanol–water partition coefficient (Wildman–Crippen LogP) is 2.61. The third-order valence-corrected chi connectivity index (χ3v) is 4.59. The van der Waals surface area contributed by atoms with Crippen molar-refractivity contribution in [1.29, 1.82) is 0 Å². The van der Waals surface area contributed by atoms with Crippen molar-refractivity contribution in [2.75, 3.05) is 13.1 Å². The van der Waals surface area contributed by atoms with Crippen LogP contribution in [0, 0.1) is 0 Å². The van der Waals surface area contributed by atoms with E-state index in [1.165, 1.54) is 0 Å². The maximum atomic E-state index is 12.7. The smallest absolute Gasteiger partial charge is 0.254 e. The van der Waals surface area contributed by atoms with Crippen molar-refractivity contribution in [1.82, 2.24) is 19.8 Å². The summed E-state index contributed by atoms with van der Waals surface area (Å²) in [5.41, 5.74) is 0.399. The van der Waals surface area contributed by atoms with Crippen molar-refractivity contribution in [2.24, 2.45) is 0 Å². The molecule has 1 saturated heterocycles. The zero-order chi connectivity index (χ0) is 17.8. The van der Waals surface area contributed by atoms with Crippen LogP contribution in [0.3, 0.4) is 0 Å². The van der Waals surface area contributed by atoms with Gasteiger partial charge in [0.15, 0.2) is 0 Å². The molecular formula is C17H18Cl2N4O2. The summed E-state index contributed by atoms with van der Waals surface area (Å²) in [6, 6.07) is 4.25. The molecule has 8 heteroatoms. The highest BCUT2D eigenvalue weighted by Gasteiger charge is 2.34. The van der Waals surface area contributed by atoms with Gasteiger partial charge in [-0.15, -0.1) is 0 Å². The Bertz CT molecular complexity index is 744. The molecule has 25 heavy (non-hydrogen) atoms. The molecule has 1 aliphatic rings. The predicted molar refractivity (Wildman–Crippen MR) is 95.8 cm³/mol. The van der Waals surface area contributed by atoms with Crippen LogP contribution in [0.15, 0.2) is 36.9 Å². The van der Waals surface area contributed by atoms with Crippen molar-refractivity contribution in [3.8, 4) is 0 Å². The Balaban J connectivity index is 1.62. The molecule has 0 spiro atoms. The first-order valence-electron chi connectivity index (χ1n) is 8.05. The maximum absolute atomic E-state index is 12.7. The Hall–Kier alpha value is -2.05. The molecule has 1 N–H and O–H groups in total. The highest BCUT2D eigenvalue weighted by Crippen LogP contribution is 2.24. The van der Waals surface area contributed by atoms with E-state index in [1.807, 2.05) is 10.8 Å². The molecule has 2 amide bonds. The van der Waals surface area contributed by atoms with Gasteiger partial charge < -0.3 is 14.8 Å². The molecular weight excluding hydrogens is 363 g/mol. The minimum atomic E-state index is -0.465. The van der Waals surface area contributed by atoms with E-state index in [0.29, 0.717) is 41.7 Å². The number of hydrogen-bond donors (Lipinski definition) is 1. The van der Waals surface area contributed by atoms with Crippen molar-refractivity contribution < 1.29 is 9.59 Å². The molecule has 0 unspecified atom stereocenters. The summed E-state index contributed by atoms with van der Waals surface area (Å²) in [7, 11) is 0. The summed E-state index contributed by atoms with van der Waals surface area (Å²) in [6.07, 6.45) is 6.66. The summed E-state index contributed by atoms with van der Waals surface area (Å²) in [5.74, 6) is -0.365. The van der Waals surface area contributed by atoms with Gasteiger partial charge in [-0.1, -0.05) is 23.2 Å². The fourth-order valence-corrected chi connectivity index (χ4v) is 3.50. The second-order valence-electron chi connectivity index (χ2n) is 5.91. The number of halogens is 2. The van der Waals surface area contributed by atoms with E-state index in [2.05, 4.69) is 10.3 Å². The number of benzene rings is 1. The van der Waals surface area contributed by atoms with E-state index in [-0.39, 0.29) is 11.8 Å². The van der Waals surface area contributed by atoms with Crippen LogP contribution in [0.4, 0.5) is 0 Å². The van der Waals surface area contributed by atoms with E-state index in [9.17, 15) is 9.59 Å². The van der Waals surface area contributed by atoms with Gasteiger partial charge in [0.05, 0.1) is 6.33 Å². The fraction of sp³-hybridized carbons (Fsp3) is 0.353. The lowest BCUT2D eigenvalue weighted by Crippen LogP contribution is -2.46. The number of aromatic nitrogens is 2. The first kappa shape index (κ1) is 17.8. The van der Waals surface area contributed by atoms with Crippen molar-refractivity contribution >= 4 is 35.0 Å². The van der Waals surface area contributed by atoms with Crippen LogP contribution < -0.4 is 5.32 Å². The monoisotopic (exact) mass is 380 g/mol. The van der Waals surface area contributed by atoms with Crippen LogP contribution >= 0.6 is 23.2 Å². The van der Waals surface area contributed by atoms with Crippen LogP contribution in [-0.2, 0) is 11.3 Å². The lowest BCUT2D eigenvalue weighted by Gasteiger charge is -2.24. The summed E-state index contributed by atoms with van der Waals surface area (Å²) in [5, 5.41) is 3.69. The van der Waals surface area contributed by atoms with Crippen LogP contribution in [0.25, 0.3) is 0 Å². The number of carbonyl (C=O) groups is 2. The Morgan fingerprint density at radius 3 is 2.68 bits per heavy atom. The Labute approximate surface area is 155 Å². The third kappa shape index (κ3) is 4.32. The Morgan fingerprint density at radius 1 is 1.24 bits per heavy atom. The molecule has 0 radical (unpaired) electrons. The van der Waals surface area contributed by atoms with E-state index in [1.54, 1.807) is 35.6 Å². The van der Waals surface area contributed by atoms with Crippen LogP contribution in [-0.4, -0.2) is 45.4 Å². The average molecular weight is 381 g/mol. The minimum absolute atomic E-state index is 0.140. The second-order valence-corrected chi connectivity index (χ2v) is 6.78. The lowest BCUT2D eigenvalue weighted by molar-refractivity contribution is -0.124.